The molecule has 102 valence electrons. The molecular formula is C15H24O3. The van der Waals surface area contributed by atoms with Crippen molar-refractivity contribution in [1.82, 2.24) is 0 Å². The van der Waals surface area contributed by atoms with Gasteiger partial charge in [-0.3, -0.25) is 4.79 Å². The van der Waals surface area contributed by atoms with Crippen LogP contribution in [-0.4, -0.2) is 18.9 Å². The summed E-state index contributed by atoms with van der Waals surface area (Å²) in [6, 6.07) is 0. The van der Waals surface area contributed by atoms with Crippen molar-refractivity contribution in [3.8, 4) is 0 Å². The van der Waals surface area contributed by atoms with Gasteiger partial charge >= 0.3 is 5.97 Å². The maximum Gasteiger partial charge on any atom is 0.305 e. The van der Waals surface area contributed by atoms with E-state index in [-0.39, 0.29) is 11.9 Å². The van der Waals surface area contributed by atoms with E-state index in [1.165, 1.54) is 12.0 Å². The van der Waals surface area contributed by atoms with Crippen LogP contribution in [0.1, 0.15) is 52.4 Å². The highest BCUT2D eigenvalue weighted by atomic mass is 16.5. The van der Waals surface area contributed by atoms with Gasteiger partial charge in [-0.2, -0.15) is 0 Å². The Morgan fingerprint density at radius 2 is 2.39 bits per heavy atom. The minimum absolute atomic E-state index is 0.0214. The molecular weight excluding hydrogens is 228 g/mol. The second kappa shape index (κ2) is 8.06. The van der Waals surface area contributed by atoms with Crippen LogP contribution in [0.15, 0.2) is 11.6 Å². The SMILES string of the molecule is CCC(=O)OCCCC(C=O)C1=CCCC(C)C1. The van der Waals surface area contributed by atoms with Crippen molar-refractivity contribution in [1.29, 1.82) is 0 Å². The molecule has 3 nitrogen and oxygen atoms in total. The number of aldehydes is 1. The molecule has 2 atom stereocenters. The summed E-state index contributed by atoms with van der Waals surface area (Å²) in [5, 5.41) is 0. The van der Waals surface area contributed by atoms with E-state index in [9.17, 15) is 9.59 Å². The molecule has 0 aromatic heterocycles. The number of ether oxygens (including phenoxy) is 1. The van der Waals surface area contributed by atoms with E-state index < -0.39 is 0 Å². The first-order valence-corrected chi connectivity index (χ1v) is 6.97. The molecule has 0 bridgehead atoms. The number of hydrogen-bond donors (Lipinski definition) is 0. The van der Waals surface area contributed by atoms with Gasteiger partial charge in [0.2, 0.25) is 0 Å². The topological polar surface area (TPSA) is 43.4 Å². The van der Waals surface area contributed by atoms with Crippen molar-refractivity contribution in [3.63, 3.8) is 0 Å². The summed E-state index contributed by atoms with van der Waals surface area (Å²) >= 11 is 0. The molecule has 0 aromatic rings. The van der Waals surface area contributed by atoms with Gasteiger partial charge in [-0.05, 0) is 38.0 Å². The molecule has 0 aromatic carbocycles. The Morgan fingerprint density at radius 1 is 1.61 bits per heavy atom. The van der Waals surface area contributed by atoms with Crippen molar-refractivity contribution in [3.05, 3.63) is 11.6 Å². The fourth-order valence-corrected chi connectivity index (χ4v) is 2.38. The molecule has 0 amide bonds. The van der Waals surface area contributed by atoms with Gasteiger partial charge in [0.1, 0.15) is 6.29 Å². The van der Waals surface area contributed by atoms with Crippen molar-refractivity contribution in [2.75, 3.05) is 6.61 Å². The molecule has 1 aliphatic carbocycles. The molecule has 0 N–H and O–H groups in total. The van der Waals surface area contributed by atoms with Gasteiger partial charge in [0, 0.05) is 12.3 Å². The average molecular weight is 252 g/mol. The first-order valence-electron chi connectivity index (χ1n) is 6.97. The molecule has 0 spiro atoms. The predicted molar refractivity (Wildman–Crippen MR) is 71.1 cm³/mol. The Morgan fingerprint density at radius 3 is 3.00 bits per heavy atom. The van der Waals surface area contributed by atoms with E-state index in [1.54, 1.807) is 6.92 Å². The normalized spacial score (nSPS) is 21.0. The van der Waals surface area contributed by atoms with Crippen LogP contribution in [0.25, 0.3) is 0 Å². The van der Waals surface area contributed by atoms with Crippen molar-refractivity contribution < 1.29 is 14.3 Å². The number of hydrogen-bond acceptors (Lipinski definition) is 3. The van der Waals surface area contributed by atoms with Crippen LogP contribution >= 0.6 is 0 Å². The quantitative estimate of drug-likeness (QED) is 0.302. The largest absolute Gasteiger partial charge is 0.466 e. The fraction of sp³-hybridized carbons (Fsp3) is 0.733. The maximum atomic E-state index is 11.1. The second-order valence-corrected chi connectivity index (χ2v) is 5.12. The van der Waals surface area contributed by atoms with E-state index in [4.69, 9.17) is 4.74 Å². The summed E-state index contributed by atoms with van der Waals surface area (Å²) in [4.78, 5) is 22.1. The molecule has 2 unspecified atom stereocenters. The zero-order valence-electron chi connectivity index (χ0n) is 11.5. The summed E-state index contributed by atoms with van der Waals surface area (Å²) in [6.45, 7) is 4.45. The summed E-state index contributed by atoms with van der Waals surface area (Å²) in [6.07, 6.45) is 8.59. The number of allylic oxidation sites excluding steroid dienone is 2. The summed E-state index contributed by atoms with van der Waals surface area (Å²) in [7, 11) is 0. The lowest BCUT2D eigenvalue weighted by Gasteiger charge is -2.23. The fourth-order valence-electron chi connectivity index (χ4n) is 2.38. The molecule has 0 saturated heterocycles. The van der Waals surface area contributed by atoms with Crippen LogP contribution in [0.4, 0.5) is 0 Å². The van der Waals surface area contributed by atoms with E-state index in [1.807, 2.05) is 0 Å². The number of carbonyl (C=O) groups excluding carboxylic acids is 2. The third-order valence-corrected chi connectivity index (χ3v) is 3.50. The van der Waals surface area contributed by atoms with Gasteiger partial charge in [0.25, 0.3) is 0 Å². The molecule has 3 heteroatoms. The van der Waals surface area contributed by atoms with Crippen LogP contribution in [0.5, 0.6) is 0 Å². The summed E-state index contributed by atoms with van der Waals surface area (Å²) < 4.78 is 5.02. The lowest BCUT2D eigenvalue weighted by Crippen LogP contribution is -2.14. The minimum atomic E-state index is -0.164. The molecule has 0 aliphatic heterocycles. The third kappa shape index (κ3) is 5.03. The van der Waals surface area contributed by atoms with Crippen LogP contribution in [-0.2, 0) is 14.3 Å². The first kappa shape index (κ1) is 14.9. The molecule has 0 heterocycles. The van der Waals surface area contributed by atoms with Gasteiger partial charge in [-0.25, -0.2) is 0 Å². The van der Waals surface area contributed by atoms with E-state index in [2.05, 4.69) is 13.0 Å². The number of carbonyl (C=O) groups is 2. The maximum absolute atomic E-state index is 11.1. The average Bonchev–Trinajstić information content (AvgIpc) is 2.38. The Labute approximate surface area is 110 Å². The lowest BCUT2D eigenvalue weighted by molar-refractivity contribution is -0.143. The Balaban J connectivity index is 2.31. The Hall–Kier alpha value is -1.12. The van der Waals surface area contributed by atoms with E-state index in [0.717, 1.165) is 32.0 Å². The predicted octanol–water partition coefficient (Wildman–Crippen LogP) is 3.28. The lowest BCUT2D eigenvalue weighted by atomic mass is 9.82. The first-order chi connectivity index (χ1) is 8.67. The minimum Gasteiger partial charge on any atom is -0.466 e. The number of esters is 1. The van der Waals surface area contributed by atoms with Crippen molar-refractivity contribution >= 4 is 12.3 Å². The molecule has 1 rings (SSSR count). The van der Waals surface area contributed by atoms with Gasteiger partial charge in [0.05, 0.1) is 6.61 Å². The summed E-state index contributed by atoms with van der Waals surface area (Å²) in [5.74, 6) is 0.543. The monoisotopic (exact) mass is 252 g/mol. The highest BCUT2D eigenvalue weighted by Gasteiger charge is 2.18. The van der Waals surface area contributed by atoms with Crippen molar-refractivity contribution in [2.24, 2.45) is 11.8 Å². The smallest absolute Gasteiger partial charge is 0.305 e. The third-order valence-electron chi connectivity index (χ3n) is 3.50. The number of rotatable bonds is 7. The van der Waals surface area contributed by atoms with Crippen LogP contribution < -0.4 is 0 Å². The molecule has 1 aliphatic rings. The Bertz CT molecular complexity index is 307. The van der Waals surface area contributed by atoms with E-state index in [0.29, 0.717) is 18.9 Å². The van der Waals surface area contributed by atoms with Crippen LogP contribution in [0.2, 0.25) is 0 Å². The highest BCUT2D eigenvalue weighted by molar-refractivity contribution is 5.68. The second-order valence-electron chi connectivity index (χ2n) is 5.12. The van der Waals surface area contributed by atoms with Crippen molar-refractivity contribution in [2.45, 2.75) is 52.4 Å². The van der Waals surface area contributed by atoms with Crippen LogP contribution in [0.3, 0.4) is 0 Å². The zero-order chi connectivity index (χ0) is 13.4. The molecule has 0 radical (unpaired) electrons. The van der Waals surface area contributed by atoms with Gasteiger partial charge < -0.3 is 9.53 Å². The highest BCUT2D eigenvalue weighted by Crippen LogP contribution is 2.29. The Kier molecular flexibility index (Phi) is 6.69. The van der Waals surface area contributed by atoms with E-state index >= 15 is 0 Å². The van der Waals surface area contributed by atoms with Gasteiger partial charge in [0.15, 0.2) is 0 Å². The molecule has 0 saturated carbocycles. The van der Waals surface area contributed by atoms with Gasteiger partial charge in [-0.15, -0.1) is 0 Å². The van der Waals surface area contributed by atoms with Crippen LogP contribution in [0, 0.1) is 11.8 Å². The molecule has 18 heavy (non-hydrogen) atoms. The standard InChI is InChI=1S/C15H24O3/c1-3-15(17)18-9-5-8-14(11-16)13-7-4-6-12(2)10-13/h7,11-12,14H,3-6,8-10H2,1-2H3. The summed E-state index contributed by atoms with van der Waals surface area (Å²) in [5.41, 5.74) is 1.28. The van der Waals surface area contributed by atoms with Gasteiger partial charge in [-0.1, -0.05) is 25.5 Å². The molecule has 0 fully saturated rings. The zero-order valence-corrected chi connectivity index (χ0v) is 11.5.